The lowest BCUT2D eigenvalue weighted by Gasteiger charge is -2.22. The van der Waals surface area contributed by atoms with Crippen LogP contribution in [0.3, 0.4) is 0 Å². The second kappa shape index (κ2) is 9.00. The van der Waals surface area contributed by atoms with E-state index in [0.29, 0.717) is 16.9 Å². The van der Waals surface area contributed by atoms with Gasteiger partial charge in [-0.3, -0.25) is 4.79 Å². The first-order valence-electron chi connectivity index (χ1n) is 8.59. The molecule has 0 aliphatic rings. The minimum Gasteiger partial charge on any atom is -0.468 e. The highest BCUT2D eigenvalue weighted by atomic mass is 35.5. The Hall–Kier alpha value is -2.32. The number of nitrogens with zero attached hydrogens (tertiary/aromatic N) is 1. The Morgan fingerprint density at radius 1 is 1.03 bits per heavy atom. The van der Waals surface area contributed by atoms with Crippen molar-refractivity contribution in [1.29, 1.82) is 0 Å². The number of amides is 1. The van der Waals surface area contributed by atoms with Gasteiger partial charge in [0.25, 0.3) is 5.91 Å². The number of sulfonamides is 1. The van der Waals surface area contributed by atoms with Gasteiger partial charge in [0, 0.05) is 29.2 Å². The van der Waals surface area contributed by atoms with E-state index in [4.69, 9.17) is 27.6 Å². The van der Waals surface area contributed by atoms with Gasteiger partial charge in [0.05, 0.1) is 17.7 Å². The predicted octanol–water partition coefficient (Wildman–Crippen LogP) is 4.34. The molecule has 1 N–H and O–H groups in total. The lowest BCUT2D eigenvalue weighted by molar-refractivity contribution is 0.0963. The SMILES string of the molecule is CNC(=O)c1ccc(CN(Cc2ccco2)S(=O)(=O)c2cc(Cl)cc(Cl)c2)cc1. The van der Waals surface area contributed by atoms with Gasteiger partial charge in [-0.15, -0.1) is 0 Å². The fourth-order valence-electron chi connectivity index (χ4n) is 2.74. The fourth-order valence-corrected chi connectivity index (χ4v) is 4.86. The van der Waals surface area contributed by atoms with Gasteiger partial charge in [-0.2, -0.15) is 4.31 Å². The molecule has 6 nitrogen and oxygen atoms in total. The molecule has 0 spiro atoms. The molecule has 0 unspecified atom stereocenters. The van der Waals surface area contributed by atoms with Gasteiger partial charge in [-0.05, 0) is 48.0 Å². The molecule has 0 saturated heterocycles. The molecular weight excluding hydrogens is 435 g/mol. The number of carbonyl (C=O) groups is 1. The van der Waals surface area contributed by atoms with E-state index in [-0.39, 0.29) is 33.9 Å². The topological polar surface area (TPSA) is 79.6 Å². The van der Waals surface area contributed by atoms with Gasteiger partial charge in [0.1, 0.15) is 5.76 Å². The minimum atomic E-state index is -3.93. The molecule has 2 aromatic carbocycles. The first-order valence-corrected chi connectivity index (χ1v) is 10.8. The molecule has 0 radical (unpaired) electrons. The number of nitrogens with one attached hydrogen (secondary N) is 1. The van der Waals surface area contributed by atoms with Crippen LogP contribution in [0.2, 0.25) is 10.0 Å². The maximum atomic E-state index is 13.3. The van der Waals surface area contributed by atoms with Gasteiger partial charge in [-0.1, -0.05) is 35.3 Å². The van der Waals surface area contributed by atoms with Crippen molar-refractivity contribution >= 4 is 39.1 Å². The van der Waals surface area contributed by atoms with Crippen LogP contribution in [0.1, 0.15) is 21.7 Å². The molecule has 0 aliphatic heterocycles. The summed E-state index contributed by atoms with van der Waals surface area (Å²) in [7, 11) is -2.38. The highest BCUT2D eigenvalue weighted by Crippen LogP contribution is 2.27. The Kier molecular flexibility index (Phi) is 6.64. The third kappa shape index (κ3) is 5.19. The third-order valence-electron chi connectivity index (χ3n) is 4.19. The predicted molar refractivity (Wildman–Crippen MR) is 111 cm³/mol. The zero-order valence-electron chi connectivity index (χ0n) is 15.4. The van der Waals surface area contributed by atoms with E-state index in [1.54, 1.807) is 43.4 Å². The van der Waals surface area contributed by atoms with E-state index in [2.05, 4.69) is 5.32 Å². The van der Waals surface area contributed by atoms with Crippen molar-refractivity contribution in [3.8, 4) is 0 Å². The van der Waals surface area contributed by atoms with Crippen LogP contribution in [0.15, 0.2) is 70.2 Å². The summed E-state index contributed by atoms with van der Waals surface area (Å²) in [5.74, 6) is 0.272. The monoisotopic (exact) mass is 452 g/mol. The molecule has 0 aliphatic carbocycles. The summed E-state index contributed by atoms with van der Waals surface area (Å²) < 4.78 is 33.2. The van der Waals surface area contributed by atoms with Gasteiger partial charge in [0.15, 0.2) is 0 Å². The van der Waals surface area contributed by atoms with E-state index < -0.39 is 10.0 Å². The minimum absolute atomic E-state index is 0.0106. The summed E-state index contributed by atoms with van der Waals surface area (Å²) >= 11 is 12.0. The maximum Gasteiger partial charge on any atom is 0.251 e. The Morgan fingerprint density at radius 2 is 1.69 bits per heavy atom. The standard InChI is InChI=1S/C20H18Cl2N2O4S/c1-23-20(25)15-6-4-14(5-7-15)12-24(13-18-3-2-8-28-18)29(26,27)19-10-16(21)9-17(22)11-19/h2-11H,12-13H2,1H3,(H,23,25). The van der Waals surface area contributed by atoms with Crippen molar-refractivity contribution in [1.82, 2.24) is 9.62 Å². The van der Waals surface area contributed by atoms with E-state index in [1.807, 2.05) is 0 Å². The van der Waals surface area contributed by atoms with Crippen molar-refractivity contribution in [2.75, 3.05) is 7.05 Å². The average Bonchev–Trinajstić information content (AvgIpc) is 3.20. The number of carbonyl (C=O) groups excluding carboxylic acids is 1. The van der Waals surface area contributed by atoms with E-state index >= 15 is 0 Å². The van der Waals surface area contributed by atoms with Crippen LogP contribution in [0.25, 0.3) is 0 Å². The largest absolute Gasteiger partial charge is 0.468 e. The second-order valence-electron chi connectivity index (χ2n) is 6.23. The van der Waals surface area contributed by atoms with Crippen LogP contribution < -0.4 is 5.32 Å². The van der Waals surface area contributed by atoms with Crippen LogP contribution in [-0.4, -0.2) is 25.7 Å². The molecule has 1 aromatic heterocycles. The molecule has 152 valence electrons. The summed E-state index contributed by atoms with van der Waals surface area (Å²) in [4.78, 5) is 11.7. The highest BCUT2D eigenvalue weighted by Gasteiger charge is 2.26. The van der Waals surface area contributed by atoms with Crippen LogP contribution in [0.5, 0.6) is 0 Å². The molecule has 9 heteroatoms. The molecule has 1 amide bonds. The zero-order valence-corrected chi connectivity index (χ0v) is 17.8. The average molecular weight is 453 g/mol. The summed E-state index contributed by atoms with van der Waals surface area (Å²) in [6, 6.07) is 14.3. The molecule has 3 aromatic rings. The van der Waals surface area contributed by atoms with Gasteiger partial charge >= 0.3 is 0 Å². The second-order valence-corrected chi connectivity index (χ2v) is 9.04. The molecule has 29 heavy (non-hydrogen) atoms. The van der Waals surface area contributed by atoms with Crippen LogP contribution in [-0.2, 0) is 23.1 Å². The Labute approximate surface area is 179 Å². The molecule has 1 heterocycles. The van der Waals surface area contributed by atoms with E-state index in [1.165, 1.54) is 28.8 Å². The normalized spacial score (nSPS) is 11.6. The molecule has 3 rings (SSSR count). The maximum absolute atomic E-state index is 13.3. The number of hydrogen-bond donors (Lipinski definition) is 1. The van der Waals surface area contributed by atoms with Gasteiger partial charge in [-0.25, -0.2) is 8.42 Å². The van der Waals surface area contributed by atoms with Crippen molar-refractivity contribution in [2.24, 2.45) is 0 Å². The quantitative estimate of drug-likeness (QED) is 0.578. The summed E-state index contributed by atoms with van der Waals surface area (Å²) in [6.07, 6.45) is 1.48. The van der Waals surface area contributed by atoms with Crippen LogP contribution in [0.4, 0.5) is 0 Å². The smallest absolute Gasteiger partial charge is 0.251 e. The summed E-state index contributed by atoms with van der Waals surface area (Å²) in [6.45, 7) is 0.0951. The van der Waals surface area contributed by atoms with Gasteiger partial charge < -0.3 is 9.73 Å². The molecule has 0 fully saturated rings. The number of halogens is 2. The first-order chi connectivity index (χ1) is 13.8. The number of hydrogen-bond acceptors (Lipinski definition) is 4. The first kappa shape index (κ1) is 21.4. The van der Waals surface area contributed by atoms with Crippen molar-refractivity contribution in [2.45, 2.75) is 18.0 Å². The van der Waals surface area contributed by atoms with Crippen molar-refractivity contribution < 1.29 is 17.6 Å². The molecular formula is C20H18Cl2N2O4S. The third-order valence-corrected chi connectivity index (χ3v) is 6.39. The van der Waals surface area contributed by atoms with E-state index in [0.717, 1.165) is 0 Å². The summed E-state index contributed by atoms with van der Waals surface area (Å²) in [5, 5.41) is 3.00. The van der Waals surface area contributed by atoms with Crippen LogP contribution in [0, 0.1) is 0 Å². The highest BCUT2D eigenvalue weighted by molar-refractivity contribution is 7.89. The van der Waals surface area contributed by atoms with Crippen molar-refractivity contribution in [3.63, 3.8) is 0 Å². The Balaban J connectivity index is 1.95. The molecule has 0 bridgehead atoms. The van der Waals surface area contributed by atoms with Crippen LogP contribution >= 0.6 is 23.2 Å². The lowest BCUT2D eigenvalue weighted by atomic mass is 10.1. The zero-order chi connectivity index (χ0) is 21.0. The summed E-state index contributed by atoms with van der Waals surface area (Å²) in [5.41, 5.74) is 1.19. The lowest BCUT2D eigenvalue weighted by Crippen LogP contribution is -2.30. The number of benzene rings is 2. The van der Waals surface area contributed by atoms with Gasteiger partial charge in [0.2, 0.25) is 10.0 Å². The van der Waals surface area contributed by atoms with E-state index in [9.17, 15) is 13.2 Å². The molecule has 0 saturated carbocycles. The Morgan fingerprint density at radius 3 is 2.24 bits per heavy atom. The molecule has 0 atom stereocenters. The van der Waals surface area contributed by atoms with Crippen molar-refractivity contribution in [3.05, 3.63) is 87.8 Å². The number of furan rings is 1. The number of rotatable bonds is 7. The fraction of sp³-hybridized carbons (Fsp3) is 0.150. The Bertz CT molecular complexity index is 1080.